The molecule has 1 aromatic carbocycles. The molecule has 0 saturated carbocycles. The monoisotopic (exact) mass is 242 g/mol. The van der Waals surface area contributed by atoms with Crippen LogP contribution in [-0.4, -0.2) is 0 Å². The molecule has 0 N–H and O–H groups in total. The van der Waals surface area contributed by atoms with Crippen molar-refractivity contribution in [1.29, 1.82) is 0 Å². The van der Waals surface area contributed by atoms with Gasteiger partial charge in [-0.1, -0.05) is 6.92 Å². The quantitative estimate of drug-likeness (QED) is 0.611. The summed E-state index contributed by atoms with van der Waals surface area (Å²) in [6.07, 6.45) is 2.60. The Kier molecular flexibility index (Phi) is 2.30. The third kappa shape index (κ3) is 1.40. The third-order valence-electron chi connectivity index (χ3n) is 3.40. The maximum absolute atomic E-state index is 11.5. The zero-order valence-corrected chi connectivity index (χ0v) is 10.7. The van der Waals surface area contributed by atoms with Gasteiger partial charge in [-0.25, -0.2) is 4.79 Å². The summed E-state index contributed by atoms with van der Waals surface area (Å²) in [6.45, 7) is 5.99. The first kappa shape index (κ1) is 11.1. The van der Waals surface area contributed by atoms with E-state index < -0.39 is 0 Å². The van der Waals surface area contributed by atoms with Crippen molar-refractivity contribution < 1.29 is 8.83 Å². The van der Waals surface area contributed by atoms with Crippen LogP contribution >= 0.6 is 0 Å². The smallest absolute Gasteiger partial charge is 0.336 e. The number of aryl methyl sites for hydroxylation is 3. The van der Waals surface area contributed by atoms with E-state index in [0.29, 0.717) is 5.58 Å². The van der Waals surface area contributed by atoms with E-state index in [-0.39, 0.29) is 5.63 Å². The minimum absolute atomic E-state index is 0.314. The van der Waals surface area contributed by atoms with E-state index in [4.69, 9.17) is 8.83 Å². The topological polar surface area (TPSA) is 43.4 Å². The minimum atomic E-state index is -0.314. The Morgan fingerprint density at radius 2 is 1.89 bits per heavy atom. The first-order chi connectivity index (χ1) is 8.61. The highest BCUT2D eigenvalue weighted by Crippen LogP contribution is 2.33. The van der Waals surface area contributed by atoms with Gasteiger partial charge in [-0.15, -0.1) is 0 Å². The molecule has 0 atom stereocenters. The molecule has 18 heavy (non-hydrogen) atoms. The Bertz CT molecular complexity index is 806. The summed E-state index contributed by atoms with van der Waals surface area (Å²) in [7, 11) is 0. The van der Waals surface area contributed by atoms with Crippen molar-refractivity contribution in [3.05, 3.63) is 45.5 Å². The number of hydrogen-bond acceptors (Lipinski definition) is 3. The summed E-state index contributed by atoms with van der Waals surface area (Å²) < 4.78 is 11.0. The average molecular weight is 242 g/mol. The number of hydrogen-bond donors (Lipinski definition) is 0. The van der Waals surface area contributed by atoms with Gasteiger partial charge in [-0.05, 0) is 43.0 Å². The van der Waals surface area contributed by atoms with Crippen molar-refractivity contribution in [3.8, 4) is 0 Å². The van der Waals surface area contributed by atoms with Crippen LogP contribution in [0.2, 0.25) is 0 Å². The van der Waals surface area contributed by atoms with Crippen LogP contribution in [0.4, 0.5) is 0 Å². The van der Waals surface area contributed by atoms with Crippen LogP contribution in [0.1, 0.15) is 23.6 Å². The van der Waals surface area contributed by atoms with Crippen LogP contribution < -0.4 is 5.63 Å². The fraction of sp³-hybridized carbons (Fsp3) is 0.267. The van der Waals surface area contributed by atoms with Crippen LogP contribution in [0, 0.1) is 13.8 Å². The van der Waals surface area contributed by atoms with Crippen LogP contribution in [0.5, 0.6) is 0 Å². The molecule has 0 fully saturated rings. The first-order valence-electron chi connectivity index (χ1n) is 6.06. The van der Waals surface area contributed by atoms with Crippen molar-refractivity contribution in [1.82, 2.24) is 0 Å². The molecule has 3 nitrogen and oxygen atoms in total. The maximum atomic E-state index is 11.5. The molecule has 0 radical (unpaired) electrons. The van der Waals surface area contributed by atoms with Crippen molar-refractivity contribution in [3.63, 3.8) is 0 Å². The molecule has 0 saturated heterocycles. The van der Waals surface area contributed by atoms with E-state index >= 15 is 0 Å². The second-order valence-corrected chi connectivity index (χ2v) is 4.64. The van der Waals surface area contributed by atoms with E-state index in [0.717, 1.165) is 39.5 Å². The fourth-order valence-corrected chi connectivity index (χ4v) is 2.45. The van der Waals surface area contributed by atoms with Gasteiger partial charge < -0.3 is 8.83 Å². The molecule has 0 bridgehead atoms. The average Bonchev–Trinajstić information content (AvgIpc) is 2.71. The molecule has 2 aromatic heterocycles. The van der Waals surface area contributed by atoms with E-state index in [9.17, 15) is 4.79 Å². The van der Waals surface area contributed by atoms with E-state index in [1.807, 2.05) is 13.8 Å². The number of furan rings is 1. The highest BCUT2D eigenvalue weighted by atomic mass is 16.4. The minimum Gasteiger partial charge on any atom is -0.464 e. The summed E-state index contributed by atoms with van der Waals surface area (Å²) >= 11 is 0. The largest absolute Gasteiger partial charge is 0.464 e. The van der Waals surface area contributed by atoms with Gasteiger partial charge in [0.15, 0.2) is 0 Å². The molecule has 0 amide bonds. The number of fused-ring (bicyclic) bond motifs is 3. The van der Waals surface area contributed by atoms with E-state index in [1.54, 1.807) is 6.26 Å². The summed E-state index contributed by atoms with van der Waals surface area (Å²) in [5.74, 6) is 0. The molecular formula is C15H14O3. The zero-order valence-electron chi connectivity index (χ0n) is 10.7. The molecule has 0 unspecified atom stereocenters. The summed E-state index contributed by atoms with van der Waals surface area (Å²) in [4.78, 5) is 11.5. The molecule has 0 aliphatic carbocycles. The fourth-order valence-electron chi connectivity index (χ4n) is 2.45. The normalized spacial score (nSPS) is 11.5. The van der Waals surface area contributed by atoms with Gasteiger partial charge in [0, 0.05) is 11.5 Å². The Morgan fingerprint density at radius 1 is 1.11 bits per heavy atom. The lowest BCUT2D eigenvalue weighted by Crippen LogP contribution is -1.99. The summed E-state index contributed by atoms with van der Waals surface area (Å²) in [5.41, 5.74) is 4.24. The molecule has 92 valence electrons. The zero-order chi connectivity index (χ0) is 12.9. The Balaban J connectivity index is 2.66. The second-order valence-electron chi connectivity index (χ2n) is 4.64. The number of benzene rings is 1. The van der Waals surface area contributed by atoms with Gasteiger partial charge in [-0.3, -0.25) is 0 Å². The van der Waals surface area contributed by atoms with Crippen molar-refractivity contribution in [2.24, 2.45) is 0 Å². The molecule has 0 spiro atoms. The van der Waals surface area contributed by atoms with Gasteiger partial charge in [0.25, 0.3) is 0 Å². The molecule has 3 aromatic rings. The predicted octanol–water partition coefficient (Wildman–Crippen LogP) is 3.72. The predicted molar refractivity (Wildman–Crippen MR) is 71.1 cm³/mol. The van der Waals surface area contributed by atoms with Crippen LogP contribution in [-0.2, 0) is 6.42 Å². The van der Waals surface area contributed by atoms with Crippen molar-refractivity contribution >= 4 is 21.9 Å². The lowest BCUT2D eigenvalue weighted by molar-refractivity contribution is 0.562. The highest BCUT2D eigenvalue weighted by Gasteiger charge is 2.15. The van der Waals surface area contributed by atoms with E-state index in [1.165, 1.54) is 6.07 Å². The van der Waals surface area contributed by atoms with Crippen molar-refractivity contribution in [2.75, 3.05) is 0 Å². The van der Waals surface area contributed by atoms with Crippen LogP contribution in [0.3, 0.4) is 0 Å². The van der Waals surface area contributed by atoms with Gasteiger partial charge >= 0.3 is 5.63 Å². The van der Waals surface area contributed by atoms with Crippen LogP contribution in [0.15, 0.2) is 32.0 Å². The standard InChI is InChI=1S/C15H14O3/c1-4-10-6-11-8(2)5-12(16)18-15(11)13-9(3)7-17-14(10)13/h5-7H,4H2,1-3H3. The second kappa shape index (κ2) is 3.73. The highest BCUT2D eigenvalue weighted by molar-refractivity contribution is 6.06. The first-order valence-corrected chi connectivity index (χ1v) is 6.06. The lowest BCUT2D eigenvalue weighted by Gasteiger charge is -2.05. The van der Waals surface area contributed by atoms with Gasteiger partial charge in [0.2, 0.25) is 0 Å². The molecule has 0 aliphatic rings. The van der Waals surface area contributed by atoms with Crippen molar-refractivity contribution in [2.45, 2.75) is 27.2 Å². The van der Waals surface area contributed by atoms with Crippen LogP contribution in [0.25, 0.3) is 21.9 Å². The Morgan fingerprint density at radius 3 is 2.61 bits per heavy atom. The lowest BCUT2D eigenvalue weighted by atomic mass is 10.0. The molecule has 3 rings (SSSR count). The van der Waals surface area contributed by atoms with E-state index in [2.05, 4.69) is 13.0 Å². The maximum Gasteiger partial charge on any atom is 0.336 e. The van der Waals surface area contributed by atoms with Gasteiger partial charge in [-0.2, -0.15) is 0 Å². The molecule has 2 heterocycles. The third-order valence-corrected chi connectivity index (χ3v) is 3.40. The Hall–Kier alpha value is -2.03. The molecule has 0 aliphatic heterocycles. The summed E-state index contributed by atoms with van der Waals surface area (Å²) in [6, 6.07) is 3.59. The SMILES string of the molecule is CCc1cc2c(C)cc(=O)oc2c2c(C)coc12. The molecular weight excluding hydrogens is 228 g/mol. The molecule has 3 heteroatoms. The summed E-state index contributed by atoms with van der Waals surface area (Å²) in [5, 5.41) is 1.91. The van der Waals surface area contributed by atoms with Gasteiger partial charge in [0.05, 0.1) is 11.6 Å². The van der Waals surface area contributed by atoms with Gasteiger partial charge in [0.1, 0.15) is 11.2 Å². The Labute approximate surface area is 104 Å². The number of rotatable bonds is 1.